The Balaban J connectivity index is 1.48. The summed E-state index contributed by atoms with van der Waals surface area (Å²) < 4.78 is 12.1. The van der Waals surface area contributed by atoms with Crippen LogP contribution in [0.1, 0.15) is 84.5 Å². The lowest BCUT2D eigenvalue weighted by Gasteiger charge is -2.18. The third-order valence-corrected chi connectivity index (χ3v) is 7.14. The number of rotatable bonds is 9. The van der Waals surface area contributed by atoms with Crippen LogP contribution in [-0.4, -0.2) is 34.9 Å². The number of benzene rings is 2. The molecule has 3 aromatic rings. The first-order valence-electron chi connectivity index (χ1n) is 13.3. The Morgan fingerprint density at radius 3 is 2.50 bits per heavy atom. The SMILES string of the molecule is CCC(=O)c1ccc(Cc2nc3c(c(OC4CCCC4)n2)C(c2ccc(NC(C)=O)cc2)=CC3)c(OC)c1. The van der Waals surface area contributed by atoms with Crippen LogP contribution in [0.5, 0.6) is 11.6 Å². The molecule has 7 heteroatoms. The minimum atomic E-state index is -0.0976. The predicted octanol–water partition coefficient (Wildman–Crippen LogP) is 5.94. The smallest absolute Gasteiger partial charge is 0.225 e. The van der Waals surface area contributed by atoms with E-state index in [1.54, 1.807) is 13.2 Å². The van der Waals surface area contributed by atoms with E-state index in [0.29, 0.717) is 42.3 Å². The van der Waals surface area contributed by atoms with Gasteiger partial charge in [0, 0.05) is 43.0 Å². The molecule has 2 aliphatic carbocycles. The van der Waals surface area contributed by atoms with Crippen molar-refractivity contribution in [1.29, 1.82) is 0 Å². The zero-order valence-electron chi connectivity index (χ0n) is 22.2. The highest BCUT2D eigenvalue weighted by molar-refractivity contribution is 5.96. The Hall–Kier alpha value is -4.00. The molecule has 0 bridgehead atoms. The van der Waals surface area contributed by atoms with E-state index in [1.807, 2.05) is 43.3 Å². The summed E-state index contributed by atoms with van der Waals surface area (Å²) in [6, 6.07) is 13.4. The Labute approximate surface area is 223 Å². The lowest BCUT2D eigenvalue weighted by molar-refractivity contribution is -0.114. The van der Waals surface area contributed by atoms with E-state index < -0.39 is 0 Å². The van der Waals surface area contributed by atoms with Crippen molar-refractivity contribution in [2.24, 2.45) is 0 Å². The molecule has 0 saturated heterocycles. The highest BCUT2D eigenvalue weighted by Crippen LogP contribution is 2.39. The first-order valence-corrected chi connectivity index (χ1v) is 13.3. The quantitative estimate of drug-likeness (QED) is 0.358. The van der Waals surface area contributed by atoms with Crippen LogP contribution in [0.25, 0.3) is 5.57 Å². The van der Waals surface area contributed by atoms with Gasteiger partial charge in [0.25, 0.3) is 0 Å². The Morgan fingerprint density at radius 2 is 1.82 bits per heavy atom. The molecule has 1 amide bonds. The summed E-state index contributed by atoms with van der Waals surface area (Å²) in [5.74, 6) is 1.94. The zero-order chi connectivity index (χ0) is 26.6. The number of carbonyl (C=O) groups is 2. The van der Waals surface area contributed by atoms with Crippen molar-refractivity contribution in [3.8, 4) is 11.6 Å². The topological polar surface area (TPSA) is 90.4 Å². The summed E-state index contributed by atoms with van der Waals surface area (Å²) in [7, 11) is 1.62. The number of hydrogen-bond acceptors (Lipinski definition) is 6. The molecule has 0 radical (unpaired) electrons. The van der Waals surface area contributed by atoms with Gasteiger partial charge in [-0.3, -0.25) is 9.59 Å². The van der Waals surface area contributed by atoms with E-state index in [0.717, 1.165) is 59.3 Å². The minimum absolute atomic E-state index is 0.0830. The number of fused-ring (bicyclic) bond motifs is 1. The molecule has 0 spiro atoms. The fourth-order valence-corrected chi connectivity index (χ4v) is 5.22. The van der Waals surface area contributed by atoms with Gasteiger partial charge in [-0.1, -0.05) is 37.3 Å². The molecule has 1 saturated carbocycles. The van der Waals surface area contributed by atoms with Crippen molar-refractivity contribution in [1.82, 2.24) is 9.97 Å². The molecule has 0 aliphatic heterocycles. The number of ether oxygens (including phenoxy) is 2. The molecular formula is C31H33N3O4. The van der Waals surface area contributed by atoms with E-state index in [9.17, 15) is 9.59 Å². The minimum Gasteiger partial charge on any atom is -0.496 e. The Kier molecular flexibility index (Phi) is 7.54. The van der Waals surface area contributed by atoms with E-state index in [-0.39, 0.29) is 17.8 Å². The molecule has 38 heavy (non-hydrogen) atoms. The third kappa shape index (κ3) is 5.47. The number of methoxy groups -OCH3 is 1. The average molecular weight is 512 g/mol. The second-order valence-electron chi connectivity index (χ2n) is 9.85. The molecule has 1 fully saturated rings. The number of aromatic nitrogens is 2. The standard InChI is InChI=1S/C31H33N3O4/c1-4-27(36)21-9-10-22(28(17-21)37-3)18-29-33-26-16-15-25(20-11-13-23(14-12-20)32-19(2)35)30(26)31(34-29)38-24-7-5-6-8-24/h9-15,17,24H,4-8,16,18H2,1-3H3,(H,32,35). The molecule has 1 N–H and O–H groups in total. The van der Waals surface area contributed by atoms with Gasteiger partial charge in [0.15, 0.2) is 5.78 Å². The number of anilines is 1. The van der Waals surface area contributed by atoms with E-state index >= 15 is 0 Å². The lowest BCUT2D eigenvalue weighted by atomic mass is 10.0. The normalized spacial score (nSPS) is 14.7. The predicted molar refractivity (Wildman–Crippen MR) is 147 cm³/mol. The second kappa shape index (κ2) is 11.2. The number of hydrogen-bond donors (Lipinski definition) is 1. The van der Waals surface area contributed by atoms with Crippen molar-refractivity contribution < 1.29 is 19.1 Å². The van der Waals surface area contributed by atoms with Gasteiger partial charge in [0.2, 0.25) is 11.8 Å². The Bertz CT molecular complexity index is 1390. The maximum Gasteiger partial charge on any atom is 0.225 e. The van der Waals surface area contributed by atoms with Crippen molar-refractivity contribution >= 4 is 23.0 Å². The van der Waals surface area contributed by atoms with Crippen LogP contribution in [0.15, 0.2) is 48.5 Å². The van der Waals surface area contributed by atoms with Crippen LogP contribution < -0.4 is 14.8 Å². The number of nitrogens with zero attached hydrogens (tertiary/aromatic N) is 2. The number of carbonyl (C=O) groups excluding carboxylic acids is 2. The van der Waals surface area contributed by atoms with Gasteiger partial charge < -0.3 is 14.8 Å². The monoisotopic (exact) mass is 511 g/mol. The van der Waals surface area contributed by atoms with Gasteiger partial charge in [0.05, 0.1) is 18.4 Å². The molecule has 0 unspecified atom stereocenters. The highest BCUT2D eigenvalue weighted by Gasteiger charge is 2.27. The average Bonchev–Trinajstić information content (AvgIpc) is 3.59. The van der Waals surface area contributed by atoms with Crippen molar-refractivity contribution in [3.63, 3.8) is 0 Å². The molecular weight excluding hydrogens is 478 g/mol. The third-order valence-electron chi connectivity index (χ3n) is 7.14. The molecule has 196 valence electrons. The maximum absolute atomic E-state index is 12.2. The van der Waals surface area contributed by atoms with Crippen LogP contribution in [0, 0.1) is 0 Å². The molecule has 7 nitrogen and oxygen atoms in total. The van der Waals surface area contributed by atoms with Crippen molar-refractivity contribution in [2.75, 3.05) is 12.4 Å². The van der Waals surface area contributed by atoms with Crippen LogP contribution >= 0.6 is 0 Å². The number of Topliss-reactive ketones (excluding diaryl/α,β-unsaturated/α-hetero) is 1. The van der Waals surface area contributed by atoms with Crippen molar-refractivity contribution in [3.05, 3.63) is 82.3 Å². The van der Waals surface area contributed by atoms with Crippen LogP contribution in [0.2, 0.25) is 0 Å². The molecule has 1 heterocycles. The lowest BCUT2D eigenvalue weighted by Crippen LogP contribution is -2.15. The van der Waals surface area contributed by atoms with Crippen LogP contribution in [0.4, 0.5) is 5.69 Å². The van der Waals surface area contributed by atoms with Crippen LogP contribution in [-0.2, 0) is 17.6 Å². The molecule has 5 rings (SSSR count). The highest BCUT2D eigenvalue weighted by atomic mass is 16.5. The largest absolute Gasteiger partial charge is 0.496 e. The number of amides is 1. The maximum atomic E-state index is 12.2. The van der Waals surface area contributed by atoms with Gasteiger partial charge in [-0.25, -0.2) is 4.98 Å². The van der Waals surface area contributed by atoms with E-state index in [1.165, 1.54) is 6.92 Å². The Morgan fingerprint density at radius 1 is 1.05 bits per heavy atom. The first kappa shape index (κ1) is 25.6. The molecule has 2 aromatic carbocycles. The number of allylic oxidation sites excluding steroid dienone is 1. The van der Waals surface area contributed by atoms with E-state index in [4.69, 9.17) is 19.4 Å². The van der Waals surface area contributed by atoms with Gasteiger partial charge >= 0.3 is 0 Å². The van der Waals surface area contributed by atoms with Crippen molar-refractivity contribution in [2.45, 2.75) is 64.9 Å². The summed E-state index contributed by atoms with van der Waals surface area (Å²) in [6.45, 7) is 3.35. The van der Waals surface area contributed by atoms with Gasteiger partial charge in [0.1, 0.15) is 17.7 Å². The van der Waals surface area contributed by atoms with Gasteiger partial charge in [-0.05, 0) is 55.0 Å². The molecule has 2 aliphatic rings. The summed E-state index contributed by atoms with van der Waals surface area (Å²) in [6.07, 6.45) is 8.32. The van der Waals surface area contributed by atoms with Crippen LogP contribution in [0.3, 0.4) is 0 Å². The number of ketones is 1. The zero-order valence-corrected chi connectivity index (χ0v) is 22.2. The second-order valence-corrected chi connectivity index (χ2v) is 9.85. The number of nitrogens with one attached hydrogen (secondary N) is 1. The summed E-state index contributed by atoms with van der Waals surface area (Å²) >= 11 is 0. The molecule has 0 atom stereocenters. The summed E-state index contributed by atoms with van der Waals surface area (Å²) in [4.78, 5) is 33.5. The fraction of sp³-hybridized carbons (Fsp3) is 0.355. The fourth-order valence-electron chi connectivity index (χ4n) is 5.22. The van der Waals surface area contributed by atoms with Gasteiger partial charge in [-0.2, -0.15) is 4.98 Å². The first-order chi connectivity index (χ1) is 18.4. The molecule has 1 aromatic heterocycles. The summed E-state index contributed by atoms with van der Waals surface area (Å²) in [5.41, 5.74) is 6.30. The van der Waals surface area contributed by atoms with E-state index in [2.05, 4.69) is 11.4 Å². The summed E-state index contributed by atoms with van der Waals surface area (Å²) in [5, 5.41) is 2.82. The van der Waals surface area contributed by atoms with Gasteiger partial charge in [-0.15, -0.1) is 0 Å².